The first kappa shape index (κ1) is 9.07. The Hall–Kier alpha value is 0.0700. The maximum Gasteiger partial charge on any atom is 0.291 e. The lowest BCUT2D eigenvalue weighted by atomic mass is 10.8. The van der Waals surface area contributed by atoms with Gasteiger partial charge in [-0.15, -0.1) is 0 Å². The Kier molecular flexibility index (Phi) is 3.32. The van der Waals surface area contributed by atoms with Crippen molar-refractivity contribution in [1.29, 1.82) is 0 Å². The quantitative estimate of drug-likeness (QED) is 0.575. The third-order valence-electron chi connectivity index (χ3n) is 0.463. The Morgan fingerprint density at radius 2 is 1.89 bits per heavy atom. The van der Waals surface area contributed by atoms with Crippen molar-refractivity contribution in [2.24, 2.45) is 0 Å². The highest BCUT2D eigenvalue weighted by molar-refractivity contribution is 8.00. The van der Waals surface area contributed by atoms with Gasteiger partial charge in [-0.3, -0.25) is 0 Å². The molecule has 0 aliphatic carbocycles. The van der Waals surface area contributed by atoms with Gasteiger partial charge >= 0.3 is 0 Å². The summed E-state index contributed by atoms with van der Waals surface area (Å²) in [5.41, 5.74) is 0. The van der Waals surface area contributed by atoms with Crippen LogP contribution in [0.4, 0.5) is 17.6 Å². The van der Waals surface area contributed by atoms with Gasteiger partial charge in [0.25, 0.3) is 5.25 Å². The van der Waals surface area contributed by atoms with Crippen LogP contribution in [0.3, 0.4) is 0 Å². The van der Waals surface area contributed by atoms with Gasteiger partial charge in [0.1, 0.15) is 0 Å². The lowest BCUT2D eigenvalue weighted by Crippen LogP contribution is -2.07. The second-order valence-electron chi connectivity index (χ2n) is 1.51. The second-order valence-corrected chi connectivity index (χ2v) is 2.85. The number of alkyl halides is 4. The van der Waals surface area contributed by atoms with Crippen LogP contribution in [-0.2, 0) is 0 Å². The van der Waals surface area contributed by atoms with E-state index < -0.39 is 17.4 Å². The first-order chi connectivity index (χ1) is 3.92. The van der Waals surface area contributed by atoms with Gasteiger partial charge in [-0.1, -0.05) is 11.8 Å². The summed E-state index contributed by atoms with van der Waals surface area (Å²) in [5, 5.41) is -3.03. The molecule has 0 saturated carbocycles. The number of halogens is 4. The molecule has 0 saturated heterocycles. The van der Waals surface area contributed by atoms with E-state index in [0.29, 0.717) is 6.92 Å². The lowest BCUT2D eigenvalue weighted by Gasteiger charge is -2.07. The van der Waals surface area contributed by atoms with Crippen LogP contribution in [0.5, 0.6) is 0 Å². The Morgan fingerprint density at radius 3 is 2.00 bits per heavy atom. The highest BCUT2D eigenvalue weighted by Crippen LogP contribution is 2.28. The first-order valence-corrected chi connectivity index (χ1v) is 3.20. The van der Waals surface area contributed by atoms with Gasteiger partial charge in [-0.05, 0) is 0 Å². The average molecular weight is 162 g/mol. The van der Waals surface area contributed by atoms with Crippen LogP contribution in [0.15, 0.2) is 0 Å². The van der Waals surface area contributed by atoms with E-state index in [1.165, 1.54) is 0 Å². The second kappa shape index (κ2) is 3.29. The maximum atomic E-state index is 11.7. The molecule has 0 aromatic carbocycles. The molecular weight excluding hydrogens is 156 g/mol. The average Bonchev–Trinajstić information content (AvgIpc) is 1.59. The smallest absolute Gasteiger partial charge is 0.210 e. The van der Waals surface area contributed by atoms with Crippen molar-refractivity contribution in [2.45, 2.75) is 18.6 Å². The van der Waals surface area contributed by atoms with Gasteiger partial charge < -0.3 is 0 Å². The van der Waals surface area contributed by atoms with Crippen LogP contribution in [0.25, 0.3) is 0 Å². The fourth-order valence-electron chi connectivity index (χ4n) is 0.209. The normalized spacial score (nSPS) is 12.7. The summed E-state index contributed by atoms with van der Waals surface area (Å²) in [6.45, 7) is 0.597. The molecule has 0 aromatic heterocycles. The largest absolute Gasteiger partial charge is 0.291 e. The summed E-state index contributed by atoms with van der Waals surface area (Å²) in [6.07, 6.45) is -2.65. The fourth-order valence-corrected chi connectivity index (χ4v) is 0.628. The summed E-state index contributed by atoms with van der Waals surface area (Å²) >= 11 is -0.0417. The molecule has 0 aromatic rings. The Morgan fingerprint density at radius 1 is 1.44 bits per heavy atom. The summed E-state index contributed by atoms with van der Waals surface area (Å²) in [4.78, 5) is 0. The van der Waals surface area contributed by atoms with Gasteiger partial charge in [-0.2, -0.15) is 8.78 Å². The number of rotatable bonds is 3. The van der Waals surface area contributed by atoms with Crippen LogP contribution >= 0.6 is 11.8 Å². The molecular formula is C4H6F4S. The minimum Gasteiger partial charge on any atom is -0.210 e. The molecule has 0 bridgehead atoms. The minimum atomic E-state index is -3.03. The molecule has 0 aliphatic heterocycles. The maximum absolute atomic E-state index is 11.7. The zero-order valence-electron chi connectivity index (χ0n) is 4.70. The van der Waals surface area contributed by atoms with Crippen LogP contribution in [0.1, 0.15) is 6.92 Å². The SMILES string of the molecule is CC(F)(F)SCC(F)F. The molecule has 0 amide bonds. The molecule has 0 heterocycles. The van der Waals surface area contributed by atoms with E-state index >= 15 is 0 Å². The van der Waals surface area contributed by atoms with Crippen molar-refractivity contribution in [3.8, 4) is 0 Å². The molecule has 5 heteroatoms. The highest BCUT2D eigenvalue weighted by Gasteiger charge is 2.23. The molecule has 0 nitrogen and oxygen atoms in total. The van der Waals surface area contributed by atoms with E-state index in [1.807, 2.05) is 0 Å². The van der Waals surface area contributed by atoms with E-state index in [0.717, 1.165) is 0 Å². The monoisotopic (exact) mass is 162 g/mol. The summed E-state index contributed by atoms with van der Waals surface area (Å²) in [5.74, 6) is -0.802. The standard InChI is InChI=1S/C4H6F4S/c1-4(7,8)9-2-3(5)6/h3H,2H2,1H3. The molecule has 0 rings (SSSR count). The predicted molar refractivity (Wildman–Crippen MR) is 29.1 cm³/mol. The number of hydrogen-bond donors (Lipinski definition) is 0. The van der Waals surface area contributed by atoms with Crippen LogP contribution in [0, 0.1) is 0 Å². The molecule has 0 atom stereocenters. The Labute approximate surface area is 54.6 Å². The van der Waals surface area contributed by atoms with Crippen molar-refractivity contribution in [1.82, 2.24) is 0 Å². The zero-order valence-corrected chi connectivity index (χ0v) is 5.52. The van der Waals surface area contributed by atoms with E-state index in [-0.39, 0.29) is 11.8 Å². The molecule has 0 fully saturated rings. The van der Waals surface area contributed by atoms with Crippen LogP contribution in [0.2, 0.25) is 0 Å². The van der Waals surface area contributed by atoms with E-state index in [4.69, 9.17) is 0 Å². The van der Waals surface area contributed by atoms with E-state index in [9.17, 15) is 17.6 Å². The summed E-state index contributed by atoms with van der Waals surface area (Å²) in [7, 11) is 0. The van der Waals surface area contributed by atoms with Gasteiger partial charge in [0.15, 0.2) is 0 Å². The van der Waals surface area contributed by atoms with Crippen molar-refractivity contribution in [2.75, 3.05) is 5.75 Å². The van der Waals surface area contributed by atoms with E-state index in [2.05, 4.69) is 0 Å². The van der Waals surface area contributed by atoms with Gasteiger partial charge in [0.05, 0.1) is 5.75 Å². The lowest BCUT2D eigenvalue weighted by molar-refractivity contribution is 0.124. The topological polar surface area (TPSA) is 0 Å². The van der Waals surface area contributed by atoms with Crippen molar-refractivity contribution in [3.05, 3.63) is 0 Å². The Balaban J connectivity index is 3.28. The van der Waals surface area contributed by atoms with Gasteiger partial charge in [-0.25, -0.2) is 8.78 Å². The summed E-state index contributed by atoms with van der Waals surface area (Å²) < 4.78 is 45.8. The third kappa shape index (κ3) is 8.07. The molecule has 9 heavy (non-hydrogen) atoms. The first-order valence-electron chi connectivity index (χ1n) is 2.22. The highest BCUT2D eigenvalue weighted by atomic mass is 32.2. The van der Waals surface area contributed by atoms with Crippen LogP contribution in [-0.4, -0.2) is 17.4 Å². The molecule has 0 radical (unpaired) electrons. The Bertz CT molecular complexity index is 77.1. The summed E-state index contributed by atoms with van der Waals surface area (Å²) in [6, 6.07) is 0. The van der Waals surface area contributed by atoms with Gasteiger partial charge in [0.2, 0.25) is 6.43 Å². The van der Waals surface area contributed by atoms with Gasteiger partial charge in [0, 0.05) is 6.92 Å². The molecule has 0 N–H and O–H groups in total. The molecule has 0 spiro atoms. The fraction of sp³-hybridized carbons (Fsp3) is 1.00. The molecule has 56 valence electrons. The van der Waals surface area contributed by atoms with Crippen molar-refractivity contribution in [3.63, 3.8) is 0 Å². The van der Waals surface area contributed by atoms with Crippen molar-refractivity contribution < 1.29 is 17.6 Å². The number of hydrogen-bond acceptors (Lipinski definition) is 1. The molecule has 0 aliphatic rings. The zero-order chi connectivity index (χ0) is 7.49. The molecule has 0 unspecified atom stereocenters. The van der Waals surface area contributed by atoms with E-state index in [1.54, 1.807) is 0 Å². The predicted octanol–water partition coefficient (Wildman–Crippen LogP) is 2.60. The minimum absolute atomic E-state index is 0.0417. The van der Waals surface area contributed by atoms with Crippen molar-refractivity contribution >= 4 is 11.8 Å². The van der Waals surface area contributed by atoms with Crippen LogP contribution < -0.4 is 0 Å². The number of thioether (sulfide) groups is 1. The third-order valence-corrected chi connectivity index (χ3v) is 1.39.